The summed E-state index contributed by atoms with van der Waals surface area (Å²) in [6.45, 7) is 10.2. The third-order valence-corrected chi connectivity index (χ3v) is 3.48. The first kappa shape index (κ1) is 12.4. The van der Waals surface area contributed by atoms with Crippen LogP contribution in [0, 0.1) is 0 Å². The highest BCUT2D eigenvalue weighted by Gasteiger charge is 2.24. The van der Waals surface area contributed by atoms with Gasteiger partial charge in [0, 0.05) is 24.3 Å². The van der Waals surface area contributed by atoms with Gasteiger partial charge in [-0.05, 0) is 50.9 Å². The zero-order valence-corrected chi connectivity index (χ0v) is 11.3. The van der Waals surface area contributed by atoms with Crippen molar-refractivity contribution >= 4 is 5.69 Å². The topological polar surface area (TPSA) is 15.3 Å². The van der Waals surface area contributed by atoms with E-state index in [1.807, 2.05) is 0 Å². The van der Waals surface area contributed by atoms with E-state index in [2.05, 4.69) is 55.3 Å². The largest absolute Gasteiger partial charge is 0.370 e. The molecule has 1 fully saturated rings. The molecule has 2 rings (SSSR count). The van der Waals surface area contributed by atoms with Gasteiger partial charge in [0.15, 0.2) is 0 Å². The van der Waals surface area contributed by atoms with E-state index >= 15 is 0 Å². The van der Waals surface area contributed by atoms with Gasteiger partial charge in [-0.2, -0.15) is 0 Å². The molecule has 0 bridgehead atoms. The van der Waals surface area contributed by atoms with Crippen LogP contribution in [-0.2, 0) is 6.42 Å². The Morgan fingerprint density at radius 2 is 2.18 bits per heavy atom. The third-order valence-electron chi connectivity index (χ3n) is 3.48. The predicted molar refractivity (Wildman–Crippen MR) is 74.7 cm³/mol. The monoisotopic (exact) mass is 232 g/mol. The first-order chi connectivity index (χ1) is 8.11. The molecule has 1 saturated heterocycles. The Bertz CT molecular complexity index is 371. The molecule has 0 radical (unpaired) electrons. The molecule has 0 aromatic heterocycles. The molecule has 0 atom stereocenters. The number of hydrogen-bond donors (Lipinski definition) is 1. The van der Waals surface area contributed by atoms with Crippen molar-refractivity contribution in [1.29, 1.82) is 0 Å². The Hall–Kier alpha value is -1.02. The van der Waals surface area contributed by atoms with Crippen LogP contribution in [0.5, 0.6) is 0 Å². The van der Waals surface area contributed by atoms with Crippen molar-refractivity contribution < 1.29 is 0 Å². The molecule has 2 heteroatoms. The summed E-state index contributed by atoms with van der Waals surface area (Å²) in [5.74, 6) is 0. The molecule has 1 N–H and O–H groups in total. The fraction of sp³-hybridized carbons (Fsp3) is 0.600. The molecule has 1 aliphatic rings. The van der Waals surface area contributed by atoms with Crippen LogP contribution in [0.1, 0.15) is 32.8 Å². The molecule has 1 aliphatic heterocycles. The Balaban J connectivity index is 2.19. The molecular weight excluding hydrogens is 208 g/mol. The van der Waals surface area contributed by atoms with E-state index in [1.54, 1.807) is 0 Å². The van der Waals surface area contributed by atoms with Crippen LogP contribution in [0.4, 0.5) is 5.69 Å². The van der Waals surface area contributed by atoms with Crippen LogP contribution in [0.15, 0.2) is 24.3 Å². The van der Waals surface area contributed by atoms with Crippen molar-refractivity contribution in [3.8, 4) is 0 Å². The van der Waals surface area contributed by atoms with Crippen molar-refractivity contribution in [1.82, 2.24) is 5.32 Å². The average molecular weight is 232 g/mol. The number of nitrogens with zero attached hydrogens (tertiary/aromatic N) is 1. The Morgan fingerprint density at radius 3 is 2.94 bits per heavy atom. The van der Waals surface area contributed by atoms with Gasteiger partial charge < -0.3 is 10.2 Å². The zero-order chi connectivity index (χ0) is 12.3. The van der Waals surface area contributed by atoms with E-state index < -0.39 is 0 Å². The van der Waals surface area contributed by atoms with Crippen LogP contribution >= 0.6 is 0 Å². The van der Waals surface area contributed by atoms with Crippen molar-refractivity contribution in [3.05, 3.63) is 29.8 Å². The summed E-state index contributed by atoms with van der Waals surface area (Å²) < 4.78 is 0. The molecule has 17 heavy (non-hydrogen) atoms. The van der Waals surface area contributed by atoms with Crippen molar-refractivity contribution in [3.63, 3.8) is 0 Å². The normalized spacial score (nSPS) is 20.1. The number of anilines is 1. The molecule has 2 nitrogen and oxygen atoms in total. The number of rotatable bonds is 2. The van der Waals surface area contributed by atoms with Crippen molar-refractivity contribution in [2.24, 2.45) is 0 Å². The maximum atomic E-state index is 3.61. The average Bonchev–Trinajstić information content (AvgIpc) is 2.50. The van der Waals surface area contributed by atoms with Gasteiger partial charge >= 0.3 is 0 Å². The third kappa shape index (κ3) is 3.22. The Morgan fingerprint density at radius 1 is 1.35 bits per heavy atom. The summed E-state index contributed by atoms with van der Waals surface area (Å²) in [6.07, 6.45) is 2.34. The second-order valence-corrected chi connectivity index (χ2v) is 5.61. The maximum Gasteiger partial charge on any atom is 0.0369 e. The highest BCUT2D eigenvalue weighted by molar-refractivity contribution is 5.49. The minimum atomic E-state index is 0.207. The molecule has 94 valence electrons. The summed E-state index contributed by atoms with van der Waals surface area (Å²) in [6, 6.07) is 8.96. The predicted octanol–water partition coefficient (Wildman–Crippen LogP) is 2.83. The van der Waals surface area contributed by atoms with Gasteiger partial charge in [-0.1, -0.05) is 19.1 Å². The lowest BCUT2D eigenvalue weighted by molar-refractivity contribution is 0.416. The van der Waals surface area contributed by atoms with Gasteiger partial charge in [0.05, 0.1) is 0 Å². The number of aryl methyl sites for hydroxylation is 1. The number of hydrogen-bond acceptors (Lipinski definition) is 2. The fourth-order valence-electron chi connectivity index (χ4n) is 2.50. The maximum absolute atomic E-state index is 3.61. The summed E-state index contributed by atoms with van der Waals surface area (Å²) in [7, 11) is 0. The highest BCUT2D eigenvalue weighted by atomic mass is 15.2. The van der Waals surface area contributed by atoms with Gasteiger partial charge in [-0.25, -0.2) is 0 Å². The van der Waals surface area contributed by atoms with Crippen LogP contribution in [0.25, 0.3) is 0 Å². The first-order valence-electron chi connectivity index (χ1n) is 6.70. The van der Waals surface area contributed by atoms with Gasteiger partial charge in [-0.15, -0.1) is 0 Å². The van der Waals surface area contributed by atoms with Gasteiger partial charge in [0.1, 0.15) is 0 Å². The fourth-order valence-corrected chi connectivity index (χ4v) is 2.50. The Labute approximate surface area is 105 Å². The van der Waals surface area contributed by atoms with E-state index in [4.69, 9.17) is 0 Å². The van der Waals surface area contributed by atoms with E-state index in [1.165, 1.54) is 17.7 Å². The molecule has 1 aromatic carbocycles. The lowest BCUT2D eigenvalue weighted by Crippen LogP contribution is -2.46. The van der Waals surface area contributed by atoms with Gasteiger partial charge in [0.25, 0.3) is 0 Å². The Kier molecular flexibility index (Phi) is 3.72. The molecule has 1 heterocycles. The molecule has 1 aromatic rings. The minimum absolute atomic E-state index is 0.207. The van der Waals surface area contributed by atoms with Crippen LogP contribution in [0.3, 0.4) is 0 Å². The molecule has 0 saturated carbocycles. The van der Waals surface area contributed by atoms with E-state index in [0.29, 0.717) is 0 Å². The number of nitrogens with one attached hydrogen (secondary N) is 1. The summed E-state index contributed by atoms with van der Waals surface area (Å²) in [4.78, 5) is 2.51. The molecule has 0 unspecified atom stereocenters. The zero-order valence-electron chi connectivity index (χ0n) is 11.3. The SMILES string of the molecule is CCc1cccc(N2CCCNC(C)(C)C2)c1. The van der Waals surface area contributed by atoms with Crippen LogP contribution in [0.2, 0.25) is 0 Å². The highest BCUT2D eigenvalue weighted by Crippen LogP contribution is 2.21. The second kappa shape index (κ2) is 5.09. The van der Waals surface area contributed by atoms with Gasteiger partial charge in [-0.3, -0.25) is 0 Å². The molecule has 0 spiro atoms. The smallest absolute Gasteiger partial charge is 0.0369 e. The van der Waals surface area contributed by atoms with E-state index in [9.17, 15) is 0 Å². The van der Waals surface area contributed by atoms with E-state index in [-0.39, 0.29) is 5.54 Å². The summed E-state index contributed by atoms with van der Waals surface area (Å²) >= 11 is 0. The summed E-state index contributed by atoms with van der Waals surface area (Å²) in [5, 5.41) is 3.61. The quantitative estimate of drug-likeness (QED) is 0.843. The molecular formula is C15H24N2. The lowest BCUT2D eigenvalue weighted by Gasteiger charge is -2.31. The van der Waals surface area contributed by atoms with E-state index in [0.717, 1.165) is 26.1 Å². The van der Waals surface area contributed by atoms with Gasteiger partial charge in [0.2, 0.25) is 0 Å². The van der Waals surface area contributed by atoms with Crippen LogP contribution < -0.4 is 10.2 Å². The molecule has 0 amide bonds. The summed E-state index contributed by atoms with van der Waals surface area (Å²) in [5.41, 5.74) is 3.01. The lowest BCUT2D eigenvalue weighted by atomic mass is 10.0. The van der Waals surface area contributed by atoms with Crippen molar-refractivity contribution in [2.75, 3.05) is 24.5 Å². The first-order valence-corrected chi connectivity index (χ1v) is 6.70. The van der Waals surface area contributed by atoms with Crippen molar-refractivity contribution in [2.45, 2.75) is 39.2 Å². The molecule has 0 aliphatic carbocycles. The number of benzene rings is 1. The minimum Gasteiger partial charge on any atom is -0.370 e. The second-order valence-electron chi connectivity index (χ2n) is 5.61. The standard InChI is InChI=1S/C15H24N2/c1-4-13-7-5-8-14(11-13)17-10-6-9-16-15(2,3)12-17/h5,7-8,11,16H,4,6,9-10,12H2,1-3H3. The van der Waals surface area contributed by atoms with Crippen LogP contribution in [-0.4, -0.2) is 25.2 Å².